The van der Waals surface area contributed by atoms with Crippen LogP contribution in [0.2, 0.25) is 0 Å². The van der Waals surface area contributed by atoms with E-state index < -0.39 is 9.84 Å². The van der Waals surface area contributed by atoms with Gasteiger partial charge < -0.3 is 10.3 Å². The molecule has 1 heterocycles. The largest absolute Gasteiger partial charge is 0.355 e. The van der Waals surface area contributed by atoms with Crippen LogP contribution in [0.1, 0.15) is 19.8 Å². The normalized spacial score (nSPS) is 11.3. The smallest absolute Gasteiger partial charge is 0.230 e. The van der Waals surface area contributed by atoms with Gasteiger partial charge in [0.05, 0.1) is 10.6 Å². The predicted molar refractivity (Wildman–Crippen MR) is 115 cm³/mol. The number of hydrogen-bond donors (Lipinski definition) is 2. The van der Waals surface area contributed by atoms with E-state index in [1.807, 2.05) is 30.3 Å². The summed E-state index contributed by atoms with van der Waals surface area (Å²) in [5.74, 6) is 0.407. The number of carbonyl (C=O) groups excluding carboxylic acids is 1. The van der Waals surface area contributed by atoms with Gasteiger partial charge in [-0.1, -0.05) is 73.6 Å². The van der Waals surface area contributed by atoms with E-state index >= 15 is 0 Å². The van der Waals surface area contributed by atoms with Crippen LogP contribution in [-0.4, -0.2) is 36.6 Å². The highest BCUT2D eigenvalue weighted by Gasteiger charge is 2.26. The molecule has 0 bridgehead atoms. The second-order valence-corrected chi connectivity index (χ2v) is 9.24. The lowest BCUT2D eigenvalue weighted by atomic mass is 10.2. The van der Waals surface area contributed by atoms with Crippen molar-refractivity contribution in [2.45, 2.75) is 34.7 Å². The predicted octanol–water partition coefficient (Wildman–Crippen LogP) is 3.92. The molecule has 0 saturated carbocycles. The minimum atomic E-state index is -3.80. The van der Waals surface area contributed by atoms with Crippen LogP contribution < -0.4 is 5.32 Å². The first-order valence-electron chi connectivity index (χ1n) is 9.37. The molecule has 0 aliphatic heterocycles. The molecule has 6 nitrogen and oxygen atoms in total. The van der Waals surface area contributed by atoms with Crippen molar-refractivity contribution in [1.82, 2.24) is 15.3 Å². The maximum atomic E-state index is 13.2. The molecular formula is C21H23N3O3S2. The fourth-order valence-electron chi connectivity index (χ4n) is 2.66. The van der Waals surface area contributed by atoms with Gasteiger partial charge in [0.15, 0.2) is 5.03 Å². The summed E-state index contributed by atoms with van der Waals surface area (Å²) in [5, 5.41) is 3.13. The SMILES string of the molecule is CCCCNC(=O)CSc1nc(-c2ccccc2)[nH]c1S(=O)(=O)c1ccccc1. The third-order valence-electron chi connectivity index (χ3n) is 4.20. The zero-order valence-corrected chi connectivity index (χ0v) is 17.7. The van der Waals surface area contributed by atoms with Crippen molar-refractivity contribution in [3.05, 3.63) is 60.7 Å². The van der Waals surface area contributed by atoms with Crippen LogP contribution in [0, 0.1) is 0 Å². The number of rotatable bonds is 9. The molecule has 2 aromatic carbocycles. The number of amides is 1. The standard InChI is InChI=1S/C21H23N3O3S2/c1-2-3-14-22-18(25)15-28-20-21(29(26,27)17-12-8-5-9-13-17)24-19(23-20)16-10-6-4-7-11-16/h4-13H,2-3,14-15H2,1H3,(H,22,25)(H,23,24). The molecule has 1 aromatic heterocycles. The monoisotopic (exact) mass is 429 g/mol. The van der Waals surface area contributed by atoms with Crippen molar-refractivity contribution < 1.29 is 13.2 Å². The lowest BCUT2D eigenvalue weighted by Crippen LogP contribution is -2.26. The molecule has 29 heavy (non-hydrogen) atoms. The molecule has 0 aliphatic rings. The summed E-state index contributed by atoms with van der Waals surface area (Å²) >= 11 is 1.12. The van der Waals surface area contributed by atoms with Gasteiger partial charge in [0.2, 0.25) is 15.7 Å². The zero-order chi connectivity index (χ0) is 20.7. The number of thioether (sulfide) groups is 1. The highest BCUT2D eigenvalue weighted by molar-refractivity contribution is 8.00. The molecule has 152 valence electrons. The molecule has 3 rings (SSSR count). The summed E-state index contributed by atoms with van der Waals surface area (Å²) in [7, 11) is -3.80. The third kappa shape index (κ3) is 5.27. The zero-order valence-electron chi connectivity index (χ0n) is 16.1. The Morgan fingerprint density at radius 3 is 2.38 bits per heavy atom. The quantitative estimate of drug-likeness (QED) is 0.397. The van der Waals surface area contributed by atoms with Crippen molar-refractivity contribution in [3.8, 4) is 11.4 Å². The number of H-pyrrole nitrogens is 1. The molecule has 0 atom stereocenters. The first-order valence-corrected chi connectivity index (χ1v) is 11.8. The summed E-state index contributed by atoms with van der Waals surface area (Å²) in [4.78, 5) is 19.7. The summed E-state index contributed by atoms with van der Waals surface area (Å²) in [6.45, 7) is 2.66. The number of imidazole rings is 1. The number of nitrogens with zero attached hydrogens (tertiary/aromatic N) is 1. The number of carbonyl (C=O) groups is 1. The van der Waals surface area contributed by atoms with Crippen LogP contribution in [-0.2, 0) is 14.6 Å². The molecule has 8 heteroatoms. The van der Waals surface area contributed by atoms with Crippen molar-refractivity contribution in [2.24, 2.45) is 0 Å². The molecular weight excluding hydrogens is 406 g/mol. The average Bonchev–Trinajstić information content (AvgIpc) is 3.19. The second-order valence-electron chi connectivity index (χ2n) is 6.39. The summed E-state index contributed by atoms with van der Waals surface area (Å²) in [6.07, 6.45) is 1.90. The van der Waals surface area contributed by atoms with Crippen LogP contribution in [0.4, 0.5) is 0 Å². The van der Waals surface area contributed by atoms with Crippen LogP contribution in [0.3, 0.4) is 0 Å². The van der Waals surface area contributed by atoms with Crippen LogP contribution in [0.15, 0.2) is 75.6 Å². The van der Waals surface area contributed by atoms with Gasteiger partial charge in [0, 0.05) is 12.1 Å². The van der Waals surface area contributed by atoms with Crippen LogP contribution >= 0.6 is 11.8 Å². The third-order valence-corrected chi connectivity index (χ3v) is 7.03. The Morgan fingerprint density at radius 1 is 1.07 bits per heavy atom. The van der Waals surface area contributed by atoms with E-state index in [1.165, 1.54) is 0 Å². The molecule has 2 N–H and O–H groups in total. The van der Waals surface area contributed by atoms with Gasteiger partial charge in [0.25, 0.3) is 0 Å². The average molecular weight is 430 g/mol. The maximum Gasteiger partial charge on any atom is 0.230 e. The second kappa shape index (κ2) is 9.76. The van der Waals surface area contributed by atoms with Crippen molar-refractivity contribution >= 4 is 27.5 Å². The van der Waals surface area contributed by atoms with Gasteiger partial charge in [-0.15, -0.1) is 0 Å². The van der Waals surface area contributed by atoms with Gasteiger partial charge in [-0.25, -0.2) is 13.4 Å². The molecule has 0 spiro atoms. The molecule has 0 aliphatic carbocycles. The number of nitrogens with one attached hydrogen (secondary N) is 2. The number of unbranched alkanes of at least 4 members (excludes halogenated alkanes) is 1. The number of aromatic amines is 1. The number of hydrogen-bond acceptors (Lipinski definition) is 5. The van der Waals surface area contributed by atoms with Gasteiger partial charge in [-0.3, -0.25) is 4.79 Å². The molecule has 1 amide bonds. The van der Waals surface area contributed by atoms with E-state index in [2.05, 4.69) is 22.2 Å². The molecule has 0 saturated heterocycles. The van der Waals surface area contributed by atoms with Crippen molar-refractivity contribution in [2.75, 3.05) is 12.3 Å². The molecule has 0 unspecified atom stereocenters. The maximum absolute atomic E-state index is 13.2. The van der Waals surface area contributed by atoms with Crippen molar-refractivity contribution in [1.29, 1.82) is 0 Å². The van der Waals surface area contributed by atoms with Crippen LogP contribution in [0.25, 0.3) is 11.4 Å². The van der Waals surface area contributed by atoms with Gasteiger partial charge in [0.1, 0.15) is 10.9 Å². The highest BCUT2D eigenvalue weighted by atomic mass is 32.2. The number of aromatic nitrogens is 2. The Morgan fingerprint density at radius 2 is 1.72 bits per heavy atom. The molecule has 0 fully saturated rings. The minimum absolute atomic E-state index is 0.00825. The van der Waals surface area contributed by atoms with E-state index in [0.29, 0.717) is 17.4 Å². The molecule has 0 radical (unpaired) electrons. The Hall–Kier alpha value is -2.58. The molecule has 3 aromatic rings. The summed E-state index contributed by atoms with van der Waals surface area (Å²) in [5.41, 5.74) is 0.774. The highest BCUT2D eigenvalue weighted by Crippen LogP contribution is 2.31. The summed E-state index contributed by atoms with van der Waals surface area (Å²) < 4.78 is 26.3. The van der Waals surface area contributed by atoms with Gasteiger partial charge in [-0.05, 0) is 18.6 Å². The number of benzene rings is 2. The lowest BCUT2D eigenvalue weighted by molar-refractivity contribution is -0.118. The Kier molecular flexibility index (Phi) is 7.11. The fraction of sp³-hybridized carbons (Fsp3) is 0.238. The first-order chi connectivity index (χ1) is 14.0. The van der Waals surface area contributed by atoms with Gasteiger partial charge >= 0.3 is 0 Å². The minimum Gasteiger partial charge on any atom is -0.355 e. The first kappa shape index (κ1) is 21.1. The van der Waals surface area contributed by atoms with Crippen LogP contribution in [0.5, 0.6) is 0 Å². The van der Waals surface area contributed by atoms with E-state index in [9.17, 15) is 13.2 Å². The van der Waals surface area contributed by atoms with E-state index in [-0.39, 0.29) is 21.6 Å². The Balaban J connectivity index is 1.91. The van der Waals surface area contributed by atoms with E-state index in [1.54, 1.807) is 30.3 Å². The Bertz CT molecular complexity index is 1050. The number of sulfone groups is 1. The van der Waals surface area contributed by atoms with E-state index in [0.717, 1.165) is 30.2 Å². The van der Waals surface area contributed by atoms with Crippen molar-refractivity contribution in [3.63, 3.8) is 0 Å². The van der Waals surface area contributed by atoms with E-state index in [4.69, 9.17) is 0 Å². The Labute approximate surface area is 175 Å². The lowest BCUT2D eigenvalue weighted by Gasteiger charge is -2.05. The van der Waals surface area contributed by atoms with Gasteiger partial charge in [-0.2, -0.15) is 0 Å². The summed E-state index contributed by atoms with van der Waals surface area (Å²) in [6, 6.07) is 17.5. The topological polar surface area (TPSA) is 91.9 Å². The fourth-order valence-corrected chi connectivity index (χ4v) is 5.13.